The third kappa shape index (κ3) is 3.82. The molecular formula is C15H26N4O. The maximum atomic E-state index is 12.0. The fraction of sp³-hybridized carbons (Fsp3) is 0.733. The van der Waals surface area contributed by atoms with Gasteiger partial charge in [-0.2, -0.15) is 5.10 Å². The van der Waals surface area contributed by atoms with Crippen LogP contribution in [-0.2, 0) is 0 Å². The molecule has 0 bridgehead atoms. The fourth-order valence-electron chi connectivity index (χ4n) is 2.64. The van der Waals surface area contributed by atoms with Crippen LogP contribution in [0.3, 0.4) is 0 Å². The summed E-state index contributed by atoms with van der Waals surface area (Å²) in [5, 5.41) is 9.93. The van der Waals surface area contributed by atoms with Gasteiger partial charge in [0.25, 0.3) is 5.91 Å². The molecule has 5 heteroatoms. The van der Waals surface area contributed by atoms with Crippen molar-refractivity contribution in [3.05, 3.63) is 17.5 Å². The number of nitrogens with zero attached hydrogens (tertiary/aromatic N) is 2. The average Bonchev–Trinajstić information content (AvgIpc) is 2.91. The van der Waals surface area contributed by atoms with E-state index in [-0.39, 0.29) is 5.91 Å². The van der Waals surface area contributed by atoms with Gasteiger partial charge in [0.15, 0.2) is 0 Å². The van der Waals surface area contributed by atoms with Crippen molar-refractivity contribution < 1.29 is 4.79 Å². The van der Waals surface area contributed by atoms with Crippen LogP contribution in [-0.4, -0.2) is 46.7 Å². The molecule has 1 fully saturated rings. The zero-order valence-electron chi connectivity index (χ0n) is 12.8. The molecule has 5 nitrogen and oxygen atoms in total. The molecule has 0 aromatic carbocycles. The molecule has 1 aromatic rings. The summed E-state index contributed by atoms with van der Waals surface area (Å²) in [6.07, 6.45) is 3.87. The zero-order chi connectivity index (χ0) is 14.5. The summed E-state index contributed by atoms with van der Waals surface area (Å²) in [6, 6.07) is 2.47. The Hall–Kier alpha value is -1.36. The number of hydrogen-bond acceptors (Lipinski definition) is 3. The van der Waals surface area contributed by atoms with Crippen LogP contribution >= 0.6 is 0 Å². The van der Waals surface area contributed by atoms with Crippen LogP contribution in [0.4, 0.5) is 0 Å². The molecule has 1 amide bonds. The molecule has 1 saturated heterocycles. The van der Waals surface area contributed by atoms with Gasteiger partial charge < -0.3 is 5.32 Å². The van der Waals surface area contributed by atoms with E-state index in [2.05, 4.69) is 41.2 Å². The molecule has 1 aliphatic rings. The van der Waals surface area contributed by atoms with Crippen LogP contribution in [0.25, 0.3) is 0 Å². The number of hydrogen-bond donors (Lipinski definition) is 2. The topological polar surface area (TPSA) is 61.0 Å². The van der Waals surface area contributed by atoms with Crippen LogP contribution in [0.2, 0.25) is 0 Å². The minimum absolute atomic E-state index is 0.0854. The van der Waals surface area contributed by atoms with Gasteiger partial charge in [-0.1, -0.05) is 20.3 Å². The minimum Gasteiger partial charge on any atom is -0.349 e. The number of piperidine rings is 1. The highest BCUT2D eigenvalue weighted by Crippen LogP contribution is 2.15. The van der Waals surface area contributed by atoms with Gasteiger partial charge in [-0.25, -0.2) is 0 Å². The number of H-pyrrole nitrogens is 1. The van der Waals surface area contributed by atoms with E-state index in [4.69, 9.17) is 0 Å². The lowest BCUT2D eigenvalue weighted by molar-refractivity contribution is 0.0933. The van der Waals surface area contributed by atoms with Crippen molar-refractivity contribution in [1.29, 1.82) is 0 Å². The Labute approximate surface area is 121 Å². The maximum Gasteiger partial charge on any atom is 0.271 e. The van der Waals surface area contributed by atoms with Crippen molar-refractivity contribution in [3.8, 4) is 0 Å². The molecule has 1 aromatic heterocycles. The number of likely N-dealkylation sites (tertiary alicyclic amines) is 1. The molecule has 2 N–H and O–H groups in total. The smallest absolute Gasteiger partial charge is 0.271 e. The SMILES string of the molecule is CC(C)c1cc(C(=O)NCCN2CCCC[C@@H]2C)n[nH]1. The lowest BCUT2D eigenvalue weighted by Crippen LogP contribution is -2.42. The van der Waals surface area contributed by atoms with E-state index in [9.17, 15) is 4.79 Å². The third-order valence-electron chi connectivity index (χ3n) is 4.08. The predicted octanol–water partition coefficient (Wildman–Crippen LogP) is 2.14. The van der Waals surface area contributed by atoms with E-state index in [1.165, 1.54) is 19.3 Å². The summed E-state index contributed by atoms with van der Waals surface area (Å²) in [5.41, 5.74) is 1.49. The summed E-state index contributed by atoms with van der Waals surface area (Å²) in [5.74, 6) is 0.274. The van der Waals surface area contributed by atoms with Crippen LogP contribution in [0, 0.1) is 0 Å². The Bertz CT molecular complexity index is 441. The van der Waals surface area contributed by atoms with Crippen molar-refractivity contribution in [3.63, 3.8) is 0 Å². The molecule has 112 valence electrons. The van der Waals surface area contributed by atoms with Crippen molar-refractivity contribution in [1.82, 2.24) is 20.4 Å². The maximum absolute atomic E-state index is 12.0. The first kappa shape index (κ1) is 15.0. The monoisotopic (exact) mass is 278 g/mol. The first-order valence-corrected chi connectivity index (χ1v) is 7.65. The summed E-state index contributed by atoms with van der Waals surface area (Å²) in [7, 11) is 0. The molecule has 1 atom stereocenters. The highest BCUT2D eigenvalue weighted by Gasteiger charge is 2.18. The minimum atomic E-state index is -0.0854. The second-order valence-electron chi connectivity index (χ2n) is 6.00. The third-order valence-corrected chi connectivity index (χ3v) is 4.08. The molecular weight excluding hydrogens is 252 g/mol. The van der Waals surface area contributed by atoms with Crippen molar-refractivity contribution in [2.24, 2.45) is 0 Å². The number of amides is 1. The van der Waals surface area contributed by atoms with E-state index >= 15 is 0 Å². The second kappa shape index (κ2) is 6.88. The Morgan fingerprint density at radius 3 is 3.00 bits per heavy atom. The van der Waals surface area contributed by atoms with Gasteiger partial charge in [-0.15, -0.1) is 0 Å². The van der Waals surface area contributed by atoms with Crippen molar-refractivity contribution >= 4 is 5.91 Å². The van der Waals surface area contributed by atoms with E-state index < -0.39 is 0 Å². The van der Waals surface area contributed by atoms with Crippen LogP contribution < -0.4 is 5.32 Å². The Morgan fingerprint density at radius 2 is 2.35 bits per heavy atom. The van der Waals surface area contributed by atoms with Crippen LogP contribution in [0.5, 0.6) is 0 Å². The number of nitrogens with one attached hydrogen (secondary N) is 2. The quantitative estimate of drug-likeness (QED) is 0.867. The van der Waals surface area contributed by atoms with Crippen LogP contribution in [0.1, 0.15) is 62.1 Å². The van der Waals surface area contributed by atoms with Gasteiger partial charge in [-0.05, 0) is 38.3 Å². The standard InChI is InChI=1S/C15H26N4O/c1-11(2)13-10-14(18-17-13)15(20)16-7-9-19-8-5-4-6-12(19)3/h10-12H,4-9H2,1-3H3,(H,16,20)(H,17,18)/t12-/m0/s1. The predicted molar refractivity (Wildman–Crippen MR) is 79.9 cm³/mol. The normalized spacial score (nSPS) is 20.3. The Kier molecular flexibility index (Phi) is 5.17. The van der Waals surface area contributed by atoms with Gasteiger partial charge in [0, 0.05) is 24.8 Å². The lowest BCUT2D eigenvalue weighted by Gasteiger charge is -2.33. The highest BCUT2D eigenvalue weighted by molar-refractivity contribution is 5.92. The van der Waals surface area contributed by atoms with Crippen molar-refractivity contribution in [2.45, 2.75) is 52.0 Å². The van der Waals surface area contributed by atoms with Crippen LogP contribution in [0.15, 0.2) is 6.07 Å². The molecule has 0 saturated carbocycles. The van der Waals surface area contributed by atoms with Gasteiger partial charge in [0.05, 0.1) is 0 Å². The van der Waals surface area contributed by atoms with E-state index in [0.29, 0.717) is 24.2 Å². The number of rotatable bonds is 5. The average molecular weight is 278 g/mol. The molecule has 0 aliphatic carbocycles. The largest absolute Gasteiger partial charge is 0.349 e. The number of carbonyl (C=O) groups excluding carboxylic acids is 1. The highest BCUT2D eigenvalue weighted by atomic mass is 16.1. The van der Waals surface area contributed by atoms with E-state index in [1.54, 1.807) is 0 Å². The molecule has 20 heavy (non-hydrogen) atoms. The number of aromatic nitrogens is 2. The Morgan fingerprint density at radius 1 is 1.55 bits per heavy atom. The van der Waals surface area contributed by atoms with E-state index in [1.807, 2.05) is 6.07 Å². The summed E-state index contributed by atoms with van der Waals surface area (Å²) in [4.78, 5) is 14.4. The van der Waals surface area contributed by atoms with Gasteiger partial charge in [0.2, 0.25) is 0 Å². The molecule has 0 radical (unpaired) electrons. The zero-order valence-corrected chi connectivity index (χ0v) is 12.8. The molecule has 0 spiro atoms. The second-order valence-corrected chi connectivity index (χ2v) is 6.00. The van der Waals surface area contributed by atoms with Gasteiger partial charge in [0.1, 0.15) is 5.69 Å². The first-order chi connectivity index (χ1) is 9.58. The summed E-state index contributed by atoms with van der Waals surface area (Å²) >= 11 is 0. The number of aromatic amines is 1. The Balaban J connectivity index is 1.76. The molecule has 2 rings (SSSR count). The van der Waals surface area contributed by atoms with Crippen molar-refractivity contribution in [2.75, 3.05) is 19.6 Å². The lowest BCUT2D eigenvalue weighted by atomic mass is 10.0. The first-order valence-electron chi connectivity index (χ1n) is 7.65. The molecule has 0 unspecified atom stereocenters. The number of carbonyl (C=O) groups is 1. The fourth-order valence-corrected chi connectivity index (χ4v) is 2.64. The molecule has 1 aliphatic heterocycles. The summed E-state index contributed by atoms with van der Waals surface area (Å²) in [6.45, 7) is 9.18. The van der Waals surface area contributed by atoms with Gasteiger partial charge >= 0.3 is 0 Å². The van der Waals surface area contributed by atoms with E-state index in [0.717, 1.165) is 18.8 Å². The van der Waals surface area contributed by atoms with Gasteiger partial charge in [-0.3, -0.25) is 14.8 Å². The molecule has 2 heterocycles. The summed E-state index contributed by atoms with van der Waals surface area (Å²) < 4.78 is 0.